The minimum Gasteiger partial charge on any atom is -0.0999 e. The van der Waals surface area contributed by atoms with Crippen LogP contribution >= 0.6 is 0 Å². The summed E-state index contributed by atoms with van der Waals surface area (Å²) in [4.78, 5) is 0. The zero-order chi connectivity index (χ0) is 12.1. The number of hydrogen-bond acceptors (Lipinski definition) is 0. The van der Waals surface area contributed by atoms with Gasteiger partial charge in [0.15, 0.2) is 0 Å². The first-order valence-electron chi connectivity index (χ1n) is 6.08. The molecule has 16 heavy (non-hydrogen) atoms. The second-order valence-electron chi connectivity index (χ2n) is 5.04. The van der Waals surface area contributed by atoms with E-state index in [1.54, 1.807) is 0 Å². The van der Waals surface area contributed by atoms with E-state index in [0.717, 1.165) is 6.42 Å². The summed E-state index contributed by atoms with van der Waals surface area (Å²) in [5.41, 5.74) is 4.05. The summed E-state index contributed by atoms with van der Waals surface area (Å²) in [6.45, 7) is 12.8. The molecule has 0 saturated carbocycles. The Bertz CT molecular complexity index is 337. The van der Waals surface area contributed by atoms with Crippen molar-refractivity contribution in [3.05, 3.63) is 54.0 Å². The van der Waals surface area contributed by atoms with E-state index in [1.807, 2.05) is 0 Å². The second kappa shape index (κ2) is 5.89. The molecule has 0 fully saturated rings. The fourth-order valence-corrected chi connectivity index (χ4v) is 1.65. The highest BCUT2D eigenvalue weighted by Gasteiger charge is 2.07. The Hall–Kier alpha value is -1.04. The van der Waals surface area contributed by atoms with Gasteiger partial charge in [0.25, 0.3) is 0 Å². The van der Waals surface area contributed by atoms with Crippen LogP contribution in [0, 0.1) is 18.3 Å². The van der Waals surface area contributed by atoms with Gasteiger partial charge in [0.2, 0.25) is 0 Å². The number of rotatable bonds is 4. The van der Waals surface area contributed by atoms with Crippen LogP contribution in [-0.4, -0.2) is 0 Å². The Balaban J connectivity index is 2.72. The van der Waals surface area contributed by atoms with Crippen LogP contribution in [0.5, 0.6) is 0 Å². The van der Waals surface area contributed by atoms with E-state index >= 15 is 0 Å². The van der Waals surface area contributed by atoms with Crippen molar-refractivity contribution in [3.8, 4) is 0 Å². The second-order valence-corrected chi connectivity index (χ2v) is 5.04. The maximum atomic E-state index is 4.01. The van der Waals surface area contributed by atoms with Crippen LogP contribution in [0.1, 0.15) is 34.1 Å². The molecule has 1 aliphatic carbocycles. The molecule has 0 heteroatoms. The van der Waals surface area contributed by atoms with Gasteiger partial charge in [0.05, 0.1) is 0 Å². The minimum atomic E-state index is 0.560. The third-order valence-electron chi connectivity index (χ3n) is 3.14. The van der Waals surface area contributed by atoms with E-state index in [-0.39, 0.29) is 0 Å². The predicted octanol–water partition coefficient (Wildman–Crippen LogP) is 4.87. The van der Waals surface area contributed by atoms with Crippen LogP contribution in [0.3, 0.4) is 0 Å². The smallest absolute Gasteiger partial charge is 0.00862 e. The van der Waals surface area contributed by atoms with Crippen LogP contribution in [0.4, 0.5) is 0 Å². The standard InChI is InChI=1S/C16H23/c1-12(2)14(5)11-15-7-6-8-16(10-9-15)13(3)4/h6-10,13-14H,1,11H2,2-5H3. The molecule has 0 aromatic heterocycles. The molecule has 1 rings (SSSR count). The van der Waals surface area contributed by atoms with Gasteiger partial charge in [-0.1, -0.05) is 62.8 Å². The van der Waals surface area contributed by atoms with E-state index in [2.05, 4.69) is 65.0 Å². The average molecular weight is 215 g/mol. The van der Waals surface area contributed by atoms with Crippen molar-refractivity contribution in [2.45, 2.75) is 34.1 Å². The molecule has 0 heterocycles. The summed E-state index contributed by atoms with van der Waals surface area (Å²) < 4.78 is 0. The predicted molar refractivity (Wildman–Crippen MR) is 73.0 cm³/mol. The highest BCUT2D eigenvalue weighted by molar-refractivity contribution is 5.38. The molecule has 1 aliphatic rings. The first kappa shape index (κ1) is 13.0. The van der Waals surface area contributed by atoms with Gasteiger partial charge >= 0.3 is 0 Å². The highest BCUT2D eigenvalue weighted by Crippen LogP contribution is 2.23. The van der Waals surface area contributed by atoms with E-state index in [1.165, 1.54) is 16.7 Å². The SMILES string of the molecule is C=C(C)C(C)CC1=CC=C(C(C)C)[CH]C=C1. The Morgan fingerprint density at radius 3 is 2.50 bits per heavy atom. The first-order valence-corrected chi connectivity index (χ1v) is 6.08. The van der Waals surface area contributed by atoms with Crippen LogP contribution in [0.25, 0.3) is 0 Å². The lowest BCUT2D eigenvalue weighted by molar-refractivity contribution is 0.683. The van der Waals surface area contributed by atoms with Gasteiger partial charge in [0, 0.05) is 6.42 Å². The fraction of sp³-hybridized carbons (Fsp3) is 0.438. The van der Waals surface area contributed by atoms with Gasteiger partial charge < -0.3 is 0 Å². The summed E-state index contributed by atoms with van der Waals surface area (Å²) in [5, 5.41) is 0. The minimum absolute atomic E-state index is 0.560. The van der Waals surface area contributed by atoms with Crippen molar-refractivity contribution in [2.24, 2.45) is 11.8 Å². The van der Waals surface area contributed by atoms with Gasteiger partial charge in [-0.05, 0) is 30.8 Å². The topological polar surface area (TPSA) is 0 Å². The summed E-state index contributed by atoms with van der Waals surface area (Å²) in [7, 11) is 0. The van der Waals surface area contributed by atoms with Crippen molar-refractivity contribution in [3.63, 3.8) is 0 Å². The lowest BCUT2D eigenvalue weighted by Gasteiger charge is -2.10. The Morgan fingerprint density at radius 2 is 1.94 bits per heavy atom. The van der Waals surface area contributed by atoms with Gasteiger partial charge in [-0.15, -0.1) is 0 Å². The molecule has 0 bridgehead atoms. The van der Waals surface area contributed by atoms with Crippen molar-refractivity contribution >= 4 is 0 Å². The molecule has 0 nitrogen and oxygen atoms in total. The summed E-state index contributed by atoms with van der Waals surface area (Å²) in [5.74, 6) is 1.16. The quantitative estimate of drug-likeness (QED) is 0.587. The Labute approximate surface area is 100 Å². The molecule has 0 aliphatic heterocycles. The first-order chi connectivity index (χ1) is 7.50. The summed E-state index contributed by atoms with van der Waals surface area (Å²) >= 11 is 0. The highest BCUT2D eigenvalue weighted by atomic mass is 14.1. The molecule has 1 unspecified atom stereocenters. The van der Waals surface area contributed by atoms with E-state index in [4.69, 9.17) is 0 Å². The molecule has 0 N–H and O–H groups in total. The molecule has 0 aromatic rings. The molecule has 0 amide bonds. The average Bonchev–Trinajstić information content (AvgIpc) is 2.43. The molecule has 1 radical (unpaired) electrons. The maximum absolute atomic E-state index is 4.01. The Kier molecular flexibility index (Phi) is 4.79. The number of hydrogen-bond donors (Lipinski definition) is 0. The van der Waals surface area contributed by atoms with Crippen molar-refractivity contribution in [2.75, 3.05) is 0 Å². The third-order valence-corrected chi connectivity index (χ3v) is 3.14. The van der Waals surface area contributed by atoms with Crippen LogP contribution in [0.2, 0.25) is 0 Å². The van der Waals surface area contributed by atoms with E-state index in [0.29, 0.717) is 11.8 Å². The fourth-order valence-electron chi connectivity index (χ4n) is 1.65. The summed E-state index contributed by atoms with van der Waals surface area (Å²) in [6, 6.07) is 0. The number of allylic oxidation sites excluding steroid dienone is 7. The molecule has 87 valence electrons. The van der Waals surface area contributed by atoms with Crippen LogP contribution in [0.15, 0.2) is 47.6 Å². The normalized spacial score (nSPS) is 17.8. The van der Waals surface area contributed by atoms with Crippen LogP contribution in [-0.2, 0) is 0 Å². The largest absolute Gasteiger partial charge is 0.0999 e. The lowest BCUT2D eigenvalue weighted by Crippen LogP contribution is -1.96. The third kappa shape index (κ3) is 3.84. The molecular weight excluding hydrogens is 192 g/mol. The summed E-state index contributed by atoms with van der Waals surface area (Å²) in [6.07, 6.45) is 12.2. The Morgan fingerprint density at radius 1 is 1.25 bits per heavy atom. The molecule has 0 spiro atoms. The van der Waals surface area contributed by atoms with Gasteiger partial charge in [-0.25, -0.2) is 0 Å². The van der Waals surface area contributed by atoms with E-state index < -0.39 is 0 Å². The van der Waals surface area contributed by atoms with E-state index in [9.17, 15) is 0 Å². The van der Waals surface area contributed by atoms with Crippen molar-refractivity contribution in [1.82, 2.24) is 0 Å². The zero-order valence-electron chi connectivity index (χ0n) is 11.0. The molecule has 1 atom stereocenters. The van der Waals surface area contributed by atoms with Crippen molar-refractivity contribution in [1.29, 1.82) is 0 Å². The van der Waals surface area contributed by atoms with Gasteiger partial charge in [0.1, 0.15) is 0 Å². The zero-order valence-corrected chi connectivity index (χ0v) is 11.0. The molecular formula is C16H23. The molecule has 0 saturated heterocycles. The van der Waals surface area contributed by atoms with Crippen LogP contribution < -0.4 is 0 Å². The van der Waals surface area contributed by atoms with Gasteiger partial charge in [-0.2, -0.15) is 0 Å². The van der Waals surface area contributed by atoms with Crippen molar-refractivity contribution < 1.29 is 0 Å². The molecule has 0 aromatic carbocycles. The maximum Gasteiger partial charge on any atom is 0.00862 e. The lowest BCUT2D eigenvalue weighted by atomic mass is 9.95. The monoisotopic (exact) mass is 215 g/mol. The van der Waals surface area contributed by atoms with Gasteiger partial charge in [-0.3, -0.25) is 0 Å².